The van der Waals surface area contributed by atoms with Crippen LogP contribution in [-0.4, -0.2) is 24.0 Å². The van der Waals surface area contributed by atoms with Crippen molar-refractivity contribution >= 4 is 23.3 Å². The fourth-order valence-electron chi connectivity index (χ4n) is 2.71. The summed E-state index contributed by atoms with van der Waals surface area (Å²) in [4.78, 5) is 15.6. The highest BCUT2D eigenvalue weighted by Crippen LogP contribution is 2.38. The van der Waals surface area contributed by atoms with Gasteiger partial charge < -0.3 is 10.5 Å². The number of aromatic nitrogens is 1. The molecule has 3 rings (SSSR count). The van der Waals surface area contributed by atoms with E-state index in [1.165, 1.54) is 18.2 Å². The van der Waals surface area contributed by atoms with E-state index in [1.54, 1.807) is 0 Å². The molecule has 0 radical (unpaired) electrons. The molecule has 2 N–H and O–H groups in total. The summed E-state index contributed by atoms with van der Waals surface area (Å²) in [6.45, 7) is 0. The molecule has 1 aromatic heterocycles. The average molecular weight is 357 g/mol. The van der Waals surface area contributed by atoms with Gasteiger partial charge in [-0.05, 0) is 17.2 Å². The Hall–Kier alpha value is -2.28. The zero-order valence-electron chi connectivity index (χ0n) is 12.5. The Morgan fingerprint density at radius 1 is 1.33 bits per heavy atom. The molecule has 0 amide bonds. The number of nitrogens with two attached hydrogens (primary N) is 1. The Morgan fingerprint density at radius 3 is 2.67 bits per heavy atom. The van der Waals surface area contributed by atoms with Crippen LogP contribution in [0.3, 0.4) is 0 Å². The summed E-state index contributed by atoms with van der Waals surface area (Å²) < 4.78 is 46.0. The van der Waals surface area contributed by atoms with Crippen LogP contribution in [-0.2, 0) is 17.6 Å². The summed E-state index contributed by atoms with van der Waals surface area (Å²) >= 11 is 5.84. The predicted molar refractivity (Wildman–Crippen MR) is 82.7 cm³/mol. The predicted octanol–water partition coefficient (Wildman–Crippen LogP) is 3.64. The van der Waals surface area contributed by atoms with E-state index in [2.05, 4.69) is 9.72 Å². The third kappa shape index (κ3) is 2.69. The quantitative estimate of drug-likeness (QED) is 0.834. The van der Waals surface area contributed by atoms with Gasteiger partial charge in [-0.3, -0.25) is 0 Å². The first kappa shape index (κ1) is 16.6. The van der Waals surface area contributed by atoms with Gasteiger partial charge in [0.05, 0.1) is 17.8 Å². The lowest BCUT2D eigenvalue weighted by Crippen LogP contribution is -2.14. The monoisotopic (exact) mass is 356 g/mol. The molecule has 4 nitrogen and oxygen atoms in total. The smallest absolute Gasteiger partial charge is 0.358 e. The highest BCUT2D eigenvalue weighted by Gasteiger charge is 2.37. The number of methoxy groups -OCH3 is 1. The van der Waals surface area contributed by atoms with Crippen molar-refractivity contribution in [1.29, 1.82) is 0 Å². The molecular formula is C16H12ClF3N2O2. The Morgan fingerprint density at radius 2 is 2.00 bits per heavy atom. The van der Waals surface area contributed by atoms with Crippen LogP contribution in [0.25, 0.3) is 11.3 Å². The Bertz CT molecular complexity index is 856. The van der Waals surface area contributed by atoms with E-state index in [0.717, 1.165) is 7.11 Å². The molecule has 0 fully saturated rings. The third-order valence-electron chi connectivity index (χ3n) is 3.87. The van der Waals surface area contributed by atoms with Gasteiger partial charge in [-0.25, -0.2) is 22.9 Å². The molecule has 24 heavy (non-hydrogen) atoms. The summed E-state index contributed by atoms with van der Waals surface area (Å²) in [5.41, 5.74) is 5.71. The van der Waals surface area contributed by atoms with Crippen molar-refractivity contribution in [2.24, 2.45) is 0 Å². The largest absolute Gasteiger partial charge is 0.464 e. The topological polar surface area (TPSA) is 65.2 Å². The fourth-order valence-corrected chi connectivity index (χ4v) is 2.92. The van der Waals surface area contributed by atoms with Gasteiger partial charge in [0.1, 0.15) is 5.69 Å². The van der Waals surface area contributed by atoms with Crippen LogP contribution in [0.4, 0.5) is 18.9 Å². The van der Waals surface area contributed by atoms with Crippen molar-refractivity contribution in [2.75, 3.05) is 12.8 Å². The van der Waals surface area contributed by atoms with Gasteiger partial charge in [-0.1, -0.05) is 23.7 Å². The molecule has 2 aromatic rings. The van der Waals surface area contributed by atoms with E-state index in [1.807, 2.05) is 0 Å². The molecule has 8 heteroatoms. The number of hydrogen-bond acceptors (Lipinski definition) is 4. The van der Waals surface area contributed by atoms with E-state index in [0.29, 0.717) is 11.1 Å². The maximum Gasteiger partial charge on any atom is 0.358 e. The van der Waals surface area contributed by atoms with E-state index in [-0.39, 0.29) is 28.4 Å². The number of pyridine rings is 1. The molecule has 0 spiro atoms. The number of nitrogen functional groups attached to an aromatic ring is 1. The van der Waals surface area contributed by atoms with Crippen molar-refractivity contribution < 1.29 is 22.7 Å². The van der Waals surface area contributed by atoms with Crippen LogP contribution in [0, 0.1) is 5.82 Å². The first-order valence-electron chi connectivity index (χ1n) is 6.96. The van der Waals surface area contributed by atoms with Crippen LogP contribution in [0.15, 0.2) is 18.2 Å². The second-order valence-corrected chi connectivity index (χ2v) is 5.91. The third-order valence-corrected chi connectivity index (χ3v) is 4.25. The first-order valence-corrected chi connectivity index (χ1v) is 7.34. The van der Waals surface area contributed by atoms with Crippen LogP contribution in [0.2, 0.25) is 5.02 Å². The lowest BCUT2D eigenvalue weighted by molar-refractivity contribution is 0.0130. The van der Waals surface area contributed by atoms with Gasteiger partial charge in [0.25, 0.3) is 5.92 Å². The highest BCUT2D eigenvalue weighted by molar-refractivity contribution is 6.35. The van der Waals surface area contributed by atoms with Crippen LogP contribution in [0.5, 0.6) is 0 Å². The molecule has 0 unspecified atom stereocenters. The van der Waals surface area contributed by atoms with E-state index >= 15 is 0 Å². The van der Waals surface area contributed by atoms with Crippen molar-refractivity contribution in [3.05, 3.63) is 45.9 Å². The number of anilines is 1. The molecule has 0 saturated heterocycles. The van der Waals surface area contributed by atoms with Crippen molar-refractivity contribution in [3.8, 4) is 11.3 Å². The molecular weight excluding hydrogens is 345 g/mol. The Balaban J connectivity index is 2.14. The number of carbonyl (C=O) groups is 1. The van der Waals surface area contributed by atoms with Crippen molar-refractivity contribution in [1.82, 2.24) is 4.98 Å². The molecule has 1 aliphatic carbocycles. The zero-order chi connectivity index (χ0) is 17.6. The van der Waals surface area contributed by atoms with Crippen LogP contribution in [0.1, 0.15) is 21.6 Å². The number of carbonyl (C=O) groups excluding carboxylic acids is 1. The maximum atomic E-state index is 14.4. The molecule has 0 bridgehead atoms. The second-order valence-electron chi connectivity index (χ2n) is 5.54. The number of nitrogens with zero attached hydrogens (tertiary/aromatic N) is 1. The molecule has 0 saturated carbocycles. The number of esters is 1. The van der Waals surface area contributed by atoms with Gasteiger partial charge in [0.15, 0.2) is 11.5 Å². The Kier molecular flexibility index (Phi) is 3.91. The van der Waals surface area contributed by atoms with Gasteiger partial charge >= 0.3 is 5.97 Å². The van der Waals surface area contributed by atoms with E-state index in [9.17, 15) is 18.0 Å². The summed E-state index contributed by atoms with van der Waals surface area (Å²) in [5.74, 6) is -4.61. The minimum absolute atomic E-state index is 0.234. The fraction of sp³-hybridized carbons (Fsp3) is 0.250. The summed E-state index contributed by atoms with van der Waals surface area (Å²) in [6.07, 6.45) is -0.778. The second kappa shape index (κ2) is 5.66. The average Bonchev–Trinajstić information content (AvgIpc) is 2.85. The van der Waals surface area contributed by atoms with Crippen molar-refractivity contribution in [2.45, 2.75) is 18.8 Å². The summed E-state index contributed by atoms with van der Waals surface area (Å²) in [6, 6.07) is 4.38. The van der Waals surface area contributed by atoms with E-state index in [4.69, 9.17) is 17.3 Å². The molecule has 0 aliphatic heterocycles. The minimum Gasteiger partial charge on any atom is -0.464 e. The SMILES string of the molecule is COC(=O)c1nc(-c2ccc3c(c2)CC(F)(F)C3)c(F)c(N)c1Cl. The number of benzene rings is 1. The van der Waals surface area contributed by atoms with Gasteiger partial charge in [0, 0.05) is 18.4 Å². The van der Waals surface area contributed by atoms with Gasteiger partial charge in [0.2, 0.25) is 0 Å². The number of hydrogen-bond donors (Lipinski definition) is 1. The van der Waals surface area contributed by atoms with Crippen LogP contribution < -0.4 is 5.73 Å². The van der Waals surface area contributed by atoms with Crippen molar-refractivity contribution in [3.63, 3.8) is 0 Å². The van der Waals surface area contributed by atoms with Gasteiger partial charge in [-0.15, -0.1) is 0 Å². The molecule has 1 aromatic carbocycles. The Labute approximate surface area is 140 Å². The van der Waals surface area contributed by atoms with E-state index < -0.39 is 29.8 Å². The summed E-state index contributed by atoms with van der Waals surface area (Å²) in [5, 5.41) is -0.351. The lowest BCUT2D eigenvalue weighted by Gasteiger charge is -2.11. The standard InChI is InChI=1S/C16H12ClF3N2O2/c1-24-15(23)14-10(17)12(21)11(18)13(22-14)7-2-3-8-5-16(19,20)6-9(8)4-7/h2-4H,5-6H2,1H3,(H2,21,22). The maximum absolute atomic E-state index is 14.4. The number of halogens is 4. The molecule has 1 aliphatic rings. The summed E-state index contributed by atoms with van der Waals surface area (Å²) in [7, 11) is 1.12. The number of ether oxygens (including phenoxy) is 1. The minimum atomic E-state index is -2.82. The number of fused-ring (bicyclic) bond motifs is 1. The molecule has 0 atom stereocenters. The van der Waals surface area contributed by atoms with Gasteiger partial charge in [-0.2, -0.15) is 0 Å². The normalized spacial score (nSPS) is 15.2. The highest BCUT2D eigenvalue weighted by atomic mass is 35.5. The molecule has 1 heterocycles. The number of rotatable bonds is 2. The first-order chi connectivity index (χ1) is 11.2. The molecule has 126 valence electrons. The lowest BCUT2D eigenvalue weighted by atomic mass is 10.0. The zero-order valence-corrected chi connectivity index (χ0v) is 13.3. The number of alkyl halides is 2. The van der Waals surface area contributed by atoms with Crippen LogP contribution >= 0.6 is 11.6 Å².